The summed E-state index contributed by atoms with van der Waals surface area (Å²) in [5, 5.41) is 7.70. The van der Waals surface area contributed by atoms with Crippen LogP contribution in [0.3, 0.4) is 0 Å². The van der Waals surface area contributed by atoms with Gasteiger partial charge in [-0.15, -0.1) is 0 Å². The summed E-state index contributed by atoms with van der Waals surface area (Å²) in [6.07, 6.45) is 0. The fourth-order valence-corrected chi connectivity index (χ4v) is 3.32. The summed E-state index contributed by atoms with van der Waals surface area (Å²) in [6, 6.07) is 9.35. The van der Waals surface area contributed by atoms with E-state index in [0.717, 1.165) is 5.69 Å². The molecule has 110 valence electrons. The predicted octanol–water partition coefficient (Wildman–Crippen LogP) is 2.05. The Hall–Kier alpha value is -1.77. The van der Waals surface area contributed by atoms with E-state index < -0.39 is 10.0 Å². The SMILES string of the molecule is Cc1cccc(C(=O)Nc2ccc(S(N)(=O)=O)c(Br)c2)n1. The average Bonchev–Trinajstić information content (AvgIpc) is 2.37. The molecule has 1 heterocycles. The van der Waals surface area contributed by atoms with Crippen LogP contribution in [0, 0.1) is 6.92 Å². The molecular formula is C13H12BrN3O3S. The van der Waals surface area contributed by atoms with E-state index in [1.165, 1.54) is 18.2 Å². The molecule has 0 bridgehead atoms. The fraction of sp³-hybridized carbons (Fsp3) is 0.0769. The average molecular weight is 370 g/mol. The molecule has 0 aliphatic rings. The Bertz CT molecular complexity index is 806. The number of carbonyl (C=O) groups is 1. The summed E-state index contributed by atoms with van der Waals surface area (Å²) in [5.74, 6) is -0.381. The summed E-state index contributed by atoms with van der Waals surface area (Å²) in [7, 11) is -3.81. The molecule has 1 aromatic carbocycles. The van der Waals surface area contributed by atoms with Gasteiger partial charge in [0, 0.05) is 15.9 Å². The third kappa shape index (κ3) is 3.87. The summed E-state index contributed by atoms with van der Waals surface area (Å²) < 4.78 is 22.9. The zero-order chi connectivity index (χ0) is 15.6. The Kier molecular flexibility index (Phi) is 4.40. The first-order chi connectivity index (χ1) is 9.77. The van der Waals surface area contributed by atoms with E-state index in [-0.39, 0.29) is 21.0 Å². The molecule has 1 amide bonds. The van der Waals surface area contributed by atoms with E-state index in [1.807, 2.05) is 0 Å². The summed E-state index contributed by atoms with van der Waals surface area (Å²) in [6.45, 7) is 1.79. The first kappa shape index (κ1) is 15.6. The van der Waals surface area contributed by atoms with Crippen molar-refractivity contribution in [3.05, 3.63) is 52.3 Å². The molecule has 8 heteroatoms. The molecule has 21 heavy (non-hydrogen) atoms. The lowest BCUT2D eigenvalue weighted by atomic mass is 10.2. The molecule has 0 aliphatic heterocycles. The number of primary sulfonamides is 1. The molecule has 0 radical (unpaired) electrons. The van der Waals surface area contributed by atoms with Gasteiger partial charge in [0.2, 0.25) is 10.0 Å². The van der Waals surface area contributed by atoms with Gasteiger partial charge in [-0.3, -0.25) is 4.79 Å². The highest BCUT2D eigenvalue weighted by Crippen LogP contribution is 2.24. The van der Waals surface area contributed by atoms with Crippen LogP contribution in [0.1, 0.15) is 16.2 Å². The van der Waals surface area contributed by atoms with Crippen LogP contribution in [0.25, 0.3) is 0 Å². The van der Waals surface area contributed by atoms with Gasteiger partial charge in [0.05, 0.1) is 4.90 Å². The van der Waals surface area contributed by atoms with Crippen molar-refractivity contribution in [2.45, 2.75) is 11.8 Å². The minimum atomic E-state index is -3.81. The highest BCUT2D eigenvalue weighted by molar-refractivity contribution is 9.10. The van der Waals surface area contributed by atoms with E-state index in [9.17, 15) is 13.2 Å². The third-order valence-corrected chi connectivity index (χ3v) is 4.50. The minimum Gasteiger partial charge on any atom is -0.321 e. The summed E-state index contributed by atoms with van der Waals surface area (Å²) >= 11 is 3.11. The highest BCUT2D eigenvalue weighted by Gasteiger charge is 2.14. The molecule has 1 aromatic heterocycles. The van der Waals surface area contributed by atoms with E-state index in [1.54, 1.807) is 25.1 Å². The molecule has 0 atom stereocenters. The highest BCUT2D eigenvalue weighted by atomic mass is 79.9. The van der Waals surface area contributed by atoms with Gasteiger partial charge in [-0.05, 0) is 53.2 Å². The summed E-state index contributed by atoms with van der Waals surface area (Å²) in [4.78, 5) is 16.1. The number of sulfonamides is 1. The zero-order valence-corrected chi connectivity index (χ0v) is 13.4. The van der Waals surface area contributed by atoms with Crippen LogP contribution >= 0.6 is 15.9 Å². The number of nitrogens with one attached hydrogen (secondary N) is 1. The molecular weight excluding hydrogens is 358 g/mol. The van der Waals surface area contributed by atoms with Crippen molar-refractivity contribution in [1.82, 2.24) is 4.98 Å². The number of benzene rings is 1. The van der Waals surface area contributed by atoms with Crippen LogP contribution in [-0.2, 0) is 10.0 Å². The van der Waals surface area contributed by atoms with Crippen molar-refractivity contribution >= 4 is 37.5 Å². The lowest BCUT2D eigenvalue weighted by Crippen LogP contribution is -2.15. The quantitative estimate of drug-likeness (QED) is 0.863. The van der Waals surface area contributed by atoms with Crippen LogP contribution in [0.5, 0.6) is 0 Å². The van der Waals surface area contributed by atoms with Crippen molar-refractivity contribution in [2.75, 3.05) is 5.32 Å². The number of pyridine rings is 1. The maximum Gasteiger partial charge on any atom is 0.274 e. The molecule has 0 unspecified atom stereocenters. The Balaban J connectivity index is 2.25. The lowest BCUT2D eigenvalue weighted by Gasteiger charge is -2.08. The summed E-state index contributed by atoms with van der Waals surface area (Å²) in [5.41, 5.74) is 1.44. The molecule has 0 saturated heterocycles. The number of halogens is 1. The second-order valence-electron chi connectivity index (χ2n) is 4.31. The Labute approximate surface area is 130 Å². The molecule has 3 N–H and O–H groups in total. The van der Waals surface area contributed by atoms with Gasteiger partial charge in [0.15, 0.2) is 0 Å². The van der Waals surface area contributed by atoms with Gasteiger partial charge in [-0.25, -0.2) is 18.5 Å². The largest absolute Gasteiger partial charge is 0.321 e. The van der Waals surface area contributed by atoms with Gasteiger partial charge >= 0.3 is 0 Å². The zero-order valence-electron chi connectivity index (χ0n) is 11.0. The van der Waals surface area contributed by atoms with Gasteiger partial charge < -0.3 is 5.32 Å². The minimum absolute atomic E-state index is 0.0471. The number of nitrogens with zero attached hydrogens (tertiary/aromatic N) is 1. The first-order valence-electron chi connectivity index (χ1n) is 5.85. The Morgan fingerprint density at radius 3 is 2.57 bits per heavy atom. The maximum absolute atomic E-state index is 12.0. The number of aryl methyl sites for hydroxylation is 1. The second kappa shape index (κ2) is 5.92. The van der Waals surface area contributed by atoms with Crippen LogP contribution in [0.4, 0.5) is 5.69 Å². The van der Waals surface area contributed by atoms with Crippen molar-refractivity contribution in [3.63, 3.8) is 0 Å². The van der Waals surface area contributed by atoms with Crippen molar-refractivity contribution in [3.8, 4) is 0 Å². The molecule has 0 aliphatic carbocycles. The molecule has 6 nitrogen and oxygen atoms in total. The number of nitrogens with two attached hydrogens (primary N) is 1. The number of aromatic nitrogens is 1. The second-order valence-corrected chi connectivity index (χ2v) is 6.69. The van der Waals surface area contributed by atoms with Gasteiger partial charge in [0.25, 0.3) is 5.91 Å². The Morgan fingerprint density at radius 2 is 2.00 bits per heavy atom. The van der Waals surface area contributed by atoms with E-state index >= 15 is 0 Å². The number of anilines is 1. The molecule has 2 rings (SSSR count). The van der Waals surface area contributed by atoms with E-state index in [4.69, 9.17) is 5.14 Å². The van der Waals surface area contributed by atoms with Gasteiger partial charge in [-0.2, -0.15) is 0 Å². The number of rotatable bonds is 3. The Morgan fingerprint density at radius 1 is 1.29 bits per heavy atom. The normalized spacial score (nSPS) is 11.2. The van der Waals surface area contributed by atoms with Crippen molar-refractivity contribution < 1.29 is 13.2 Å². The van der Waals surface area contributed by atoms with Crippen LogP contribution < -0.4 is 10.5 Å². The smallest absolute Gasteiger partial charge is 0.274 e. The van der Waals surface area contributed by atoms with E-state index in [0.29, 0.717) is 5.69 Å². The molecule has 0 fully saturated rings. The standard InChI is InChI=1S/C13H12BrN3O3S/c1-8-3-2-4-11(16-8)13(18)17-9-5-6-12(10(14)7-9)21(15,19)20/h2-7H,1H3,(H,17,18)(H2,15,19,20). The van der Waals surface area contributed by atoms with Gasteiger partial charge in [0.1, 0.15) is 5.69 Å². The van der Waals surface area contributed by atoms with Crippen molar-refractivity contribution in [2.24, 2.45) is 5.14 Å². The molecule has 0 saturated carbocycles. The van der Waals surface area contributed by atoms with E-state index in [2.05, 4.69) is 26.2 Å². The molecule has 2 aromatic rings. The van der Waals surface area contributed by atoms with Gasteiger partial charge in [-0.1, -0.05) is 6.07 Å². The number of hydrogen-bond acceptors (Lipinski definition) is 4. The third-order valence-electron chi connectivity index (χ3n) is 2.62. The number of hydrogen-bond donors (Lipinski definition) is 2. The van der Waals surface area contributed by atoms with Crippen LogP contribution in [-0.4, -0.2) is 19.3 Å². The van der Waals surface area contributed by atoms with Crippen LogP contribution in [0.2, 0.25) is 0 Å². The monoisotopic (exact) mass is 369 g/mol. The van der Waals surface area contributed by atoms with Crippen LogP contribution in [0.15, 0.2) is 45.8 Å². The first-order valence-corrected chi connectivity index (χ1v) is 8.18. The predicted molar refractivity (Wildman–Crippen MR) is 82.4 cm³/mol. The number of carbonyl (C=O) groups excluding carboxylic acids is 1. The topological polar surface area (TPSA) is 102 Å². The fourth-order valence-electron chi connectivity index (χ4n) is 1.67. The van der Waals surface area contributed by atoms with Crippen molar-refractivity contribution in [1.29, 1.82) is 0 Å². The lowest BCUT2D eigenvalue weighted by molar-refractivity contribution is 0.102. The number of amides is 1. The maximum atomic E-state index is 12.0. The molecule has 0 spiro atoms.